The van der Waals surface area contributed by atoms with Crippen LogP contribution in [0.2, 0.25) is 0 Å². The topological polar surface area (TPSA) is 85.8 Å². The average molecular weight is 297 g/mol. The number of anilines is 1. The summed E-state index contributed by atoms with van der Waals surface area (Å²) in [6.07, 6.45) is 4.06. The molecule has 1 N–H and O–H groups in total. The van der Waals surface area contributed by atoms with Crippen LogP contribution in [0.5, 0.6) is 0 Å². The van der Waals surface area contributed by atoms with Crippen molar-refractivity contribution in [2.75, 3.05) is 5.32 Å². The Balaban J connectivity index is 1.67. The Morgan fingerprint density at radius 2 is 2.27 bits per heavy atom. The average Bonchev–Trinajstić information content (AvgIpc) is 3.20. The zero-order valence-electron chi connectivity index (χ0n) is 12.1. The number of tetrazole rings is 1. The third-order valence-corrected chi connectivity index (χ3v) is 3.27. The van der Waals surface area contributed by atoms with E-state index in [4.69, 9.17) is 4.42 Å². The zero-order chi connectivity index (χ0) is 15.4. The number of rotatable bonds is 5. The first-order chi connectivity index (χ1) is 10.7. The number of nitrogens with one attached hydrogen (secondary N) is 1. The van der Waals surface area contributed by atoms with Gasteiger partial charge in [-0.05, 0) is 47.2 Å². The normalized spacial score (nSPS) is 10.6. The molecule has 0 aliphatic heterocycles. The quantitative estimate of drug-likeness (QED) is 0.779. The van der Waals surface area contributed by atoms with E-state index in [1.165, 1.54) is 6.33 Å². The summed E-state index contributed by atoms with van der Waals surface area (Å²) in [4.78, 5) is 12.0. The standard InChI is InChI=1S/C15H15N5O2/c1-11-4-5-12(9-14(11)20-10-16-18-19-20)17-15(21)7-6-13-3-2-8-22-13/h2-5,8-10H,6-7H2,1H3,(H,17,21). The maximum atomic E-state index is 12.0. The molecule has 7 nitrogen and oxygen atoms in total. The van der Waals surface area contributed by atoms with Crippen molar-refractivity contribution in [3.8, 4) is 5.69 Å². The van der Waals surface area contributed by atoms with Crippen molar-refractivity contribution in [3.05, 3.63) is 54.2 Å². The van der Waals surface area contributed by atoms with E-state index in [0.29, 0.717) is 18.5 Å². The molecule has 3 aromatic rings. The van der Waals surface area contributed by atoms with E-state index < -0.39 is 0 Å². The van der Waals surface area contributed by atoms with E-state index >= 15 is 0 Å². The van der Waals surface area contributed by atoms with E-state index in [-0.39, 0.29) is 5.91 Å². The summed E-state index contributed by atoms with van der Waals surface area (Å²) >= 11 is 0. The van der Waals surface area contributed by atoms with E-state index in [9.17, 15) is 4.79 Å². The van der Waals surface area contributed by atoms with Gasteiger partial charge in [-0.2, -0.15) is 0 Å². The van der Waals surface area contributed by atoms with Crippen LogP contribution in [0.3, 0.4) is 0 Å². The van der Waals surface area contributed by atoms with Gasteiger partial charge < -0.3 is 9.73 Å². The van der Waals surface area contributed by atoms with Gasteiger partial charge in [-0.1, -0.05) is 6.07 Å². The lowest BCUT2D eigenvalue weighted by atomic mass is 10.1. The molecule has 22 heavy (non-hydrogen) atoms. The van der Waals surface area contributed by atoms with E-state index in [1.54, 1.807) is 10.9 Å². The fourth-order valence-corrected chi connectivity index (χ4v) is 2.12. The van der Waals surface area contributed by atoms with Gasteiger partial charge in [0.05, 0.1) is 12.0 Å². The molecule has 0 aliphatic rings. The first-order valence-corrected chi connectivity index (χ1v) is 6.88. The molecule has 0 atom stereocenters. The molecule has 0 spiro atoms. The first kappa shape index (κ1) is 14.0. The van der Waals surface area contributed by atoms with Crippen molar-refractivity contribution in [3.63, 3.8) is 0 Å². The third-order valence-electron chi connectivity index (χ3n) is 3.27. The number of aromatic nitrogens is 4. The van der Waals surface area contributed by atoms with Crippen molar-refractivity contribution >= 4 is 11.6 Å². The van der Waals surface area contributed by atoms with Crippen LogP contribution in [0.1, 0.15) is 17.7 Å². The van der Waals surface area contributed by atoms with Gasteiger partial charge in [-0.3, -0.25) is 4.79 Å². The van der Waals surface area contributed by atoms with Crippen LogP contribution >= 0.6 is 0 Å². The monoisotopic (exact) mass is 297 g/mol. The summed E-state index contributed by atoms with van der Waals surface area (Å²) in [5.41, 5.74) is 2.55. The minimum atomic E-state index is -0.0667. The highest BCUT2D eigenvalue weighted by Crippen LogP contribution is 2.18. The molecular formula is C15H15N5O2. The highest BCUT2D eigenvalue weighted by atomic mass is 16.3. The van der Waals surface area contributed by atoms with Crippen LogP contribution in [0.15, 0.2) is 47.3 Å². The SMILES string of the molecule is Cc1ccc(NC(=O)CCc2ccco2)cc1-n1cnnn1. The Bertz CT molecular complexity index is 750. The van der Waals surface area contributed by atoms with Gasteiger partial charge in [0, 0.05) is 18.5 Å². The van der Waals surface area contributed by atoms with Crippen molar-refractivity contribution in [1.29, 1.82) is 0 Å². The number of aryl methyl sites for hydroxylation is 2. The number of hydrogen-bond donors (Lipinski definition) is 1. The smallest absolute Gasteiger partial charge is 0.224 e. The largest absolute Gasteiger partial charge is 0.469 e. The van der Waals surface area contributed by atoms with Gasteiger partial charge in [0.2, 0.25) is 5.91 Å². The highest BCUT2D eigenvalue weighted by Gasteiger charge is 2.08. The molecule has 3 rings (SSSR count). The van der Waals surface area contributed by atoms with E-state index in [2.05, 4.69) is 20.8 Å². The Morgan fingerprint density at radius 1 is 1.36 bits per heavy atom. The minimum absolute atomic E-state index is 0.0667. The minimum Gasteiger partial charge on any atom is -0.469 e. The molecule has 1 aromatic carbocycles. The van der Waals surface area contributed by atoms with Crippen LogP contribution in [-0.4, -0.2) is 26.1 Å². The number of carbonyl (C=O) groups is 1. The lowest BCUT2D eigenvalue weighted by Crippen LogP contribution is -2.12. The number of nitrogens with zero attached hydrogens (tertiary/aromatic N) is 4. The number of hydrogen-bond acceptors (Lipinski definition) is 5. The summed E-state index contributed by atoms with van der Waals surface area (Å²) in [7, 11) is 0. The lowest BCUT2D eigenvalue weighted by Gasteiger charge is -2.09. The Labute approximate surface area is 126 Å². The number of furan rings is 1. The summed E-state index contributed by atoms with van der Waals surface area (Å²) in [5, 5.41) is 14.0. The van der Waals surface area contributed by atoms with Gasteiger partial charge >= 0.3 is 0 Å². The van der Waals surface area contributed by atoms with Crippen LogP contribution in [-0.2, 0) is 11.2 Å². The molecule has 0 saturated heterocycles. The Hall–Kier alpha value is -2.96. The van der Waals surface area contributed by atoms with Crippen molar-refractivity contribution in [1.82, 2.24) is 20.2 Å². The molecule has 0 bridgehead atoms. The molecule has 0 fully saturated rings. The van der Waals surface area contributed by atoms with Crippen molar-refractivity contribution < 1.29 is 9.21 Å². The Morgan fingerprint density at radius 3 is 3.00 bits per heavy atom. The van der Waals surface area contributed by atoms with Crippen molar-refractivity contribution in [2.24, 2.45) is 0 Å². The van der Waals surface area contributed by atoms with Gasteiger partial charge in [0.25, 0.3) is 0 Å². The summed E-state index contributed by atoms with van der Waals surface area (Å²) in [5.74, 6) is 0.733. The second-order valence-corrected chi connectivity index (χ2v) is 4.88. The summed E-state index contributed by atoms with van der Waals surface area (Å²) in [6, 6.07) is 9.28. The number of benzene rings is 1. The van der Waals surface area contributed by atoms with Crippen molar-refractivity contribution in [2.45, 2.75) is 19.8 Å². The van der Waals surface area contributed by atoms with Crippen LogP contribution in [0.4, 0.5) is 5.69 Å². The predicted octanol–water partition coefficient (Wildman–Crippen LogP) is 2.14. The van der Waals surface area contributed by atoms with E-state index in [1.807, 2.05) is 37.3 Å². The zero-order valence-corrected chi connectivity index (χ0v) is 12.1. The van der Waals surface area contributed by atoms with Crippen LogP contribution < -0.4 is 5.32 Å². The molecule has 2 aromatic heterocycles. The number of carbonyl (C=O) groups excluding carboxylic acids is 1. The lowest BCUT2D eigenvalue weighted by molar-refractivity contribution is -0.116. The highest BCUT2D eigenvalue weighted by molar-refractivity contribution is 5.91. The maximum Gasteiger partial charge on any atom is 0.224 e. The third kappa shape index (κ3) is 3.20. The summed E-state index contributed by atoms with van der Waals surface area (Å²) < 4.78 is 6.78. The molecule has 0 unspecified atom stereocenters. The molecule has 0 saturated carbocycles. The van der Waals surface area contributed by atoms with Gasteiger partial charge in [0.15, 0.2) is 0 Å². The molecule has 1 amide bonds. The molecule has 0 aliphatic carbocycles. The second-order valence-electron chi connectivity index (χ2n) is 4.88. The van der Waals surface area contributed by atoms with Gasteiger partial charge in [0.1, 0.15) is 12.1 Å². The first-order valence-electron chi connectivity index (χ1n) is 6.88. The molecule has 0 radical (unpaired) electrons. The van der Waals surface area contributed by atoms with Crippen LogP contribution in [0, 0.1) is 6.92 Å². The molecule has 112 valence electrons. The van der Waals surface area contributed by atoms with E-state index in [0.717, 1.165) is 17.0 Å². The number of amides is 1. The fraction of sp³-hybridized carbons (Fsp3) is 0.200. The molecule has 7 heteroatoms. The summed E-state index contributed by atoms with van der Waals surface area (Å²) in [6.45, 7) is 1.96. The second kappa shape index (κ2) is 6.21. The maximum absolute atomic E-state index is 12.0. The molecular weight excluding hydrogens is 282 g/mol. The molecule has 2 heterocycles. The van der Waals surface area contributed by atoms with Gasteiger partial charge in [-0.15, -0.1) is 5.10 Å². The fourth-order valence-electron chi connectivity index (χ4n) is 2.12. The van der Waals surface area contributed by atoms with Gasteiger partial charge in [-0.25, -0.2) is 4.68 Å². The van der Waals surface area contributed by atoms with Crippen LogP contribution in [0.25, 0.3) is 5.69 Å². The predicted molar refractivity (Wildman–Crippen MR) is 79.5 cm³/mol. The Kier molecular flexibility index (Phi) is 3.95.